The van der Waals surface area contributed by atoms with Gasteiger partial charge >= 0.3 is 5.97 Å². The molecular formula is C12H15NO3. The molecule has 0 radical (unpaired) electrons. The number of carbonyl (C=O) groups is 2. The standard InChI is InChI=1S/C12H15NO3/c14-11(13-8-3-4-8)9-6-1-2-7(5-6)10(9)12(15)16/h1-2,6-10H,3-5H2,(H,13,14)(H,15,16)/t6?,7?,9-,10+/m1/s1. The zero-order chi connectivity index (χ0) is 11.3. The Bertz CT molecular complexity index is 372. The zero-order valence-corrected chi connectivity index (χ0v) is 8.93. The first kappa shape index (κ1) is 9.87. The Morgan fingerprint density at radius 1 is 1.12 bits per heavy atom. The lowest BCUT2D eigenvalue weighted by molar-refractivity contribution is -0.147. The summed E-state index contributed by atoms with van der Waals surface area (Å²) in [5.74, 6) is -1.51. The summed E-state index contributed by atoms with van der Waals surface area (Å²) < 4.78 is 0. The van der Waals surface area contributed by atoms with Crippen molar-refractivity contribution in [1.82, 2.24) is 5.32 Å². The Balaban J connectivity index is 1.78. The van der Waals surface area contributed by atoms with E-state index in [4.69, 9.17) is 0 Å². The Kier molecular flexibility index (Phi) is 2.06. The highest BCUT2D eigenvalue weighted by Crippen LogP contribution is 2.48. The number of amides is 1. The molecule has 2 N–H and O–H groups in total. The van der Waals surface area contributed by atoms with Gasteiger partial charge in [0.05, 0.1) is 11.8 Å². The lowest BCUT2D eigenvalue weighted by Gasteiger charge is -2.23. The van der Waals surface area contributed by atoms with Crippen molar-refractivity contribution in [2.24, 2.45) is 23.7 Å². The molecule has 3 aliphatic carbocycles. The van der Waals surface area contributed by atoms with Crippen LogP contribution in [-0.2, 0) is 9.59 Å². The number of allylic oxidation sites excluding steroid dienone is 2. The molecule has 0 aromatic rings. The molecule has 16 heavy (non-hydrogen) atoms. The van der Waals surface area contributed by atoms with E-state index < -0.39 is 11.9 Å². The van der Waals surface area contributed by atoms with Gasteiger partial charge in [-0.2, -0.15) is 0 Å². The molecule has 4 atom stereocenters. The van der Waals surface area contributed by atoms with Crippen molar-refractivity contribution in [3.8, 4) is 0 Å². The summed E-state index contributed by atoms with van der Waals surface area (Å²) in [6.07, 6.45) is 6.89. The van der Waals surface area contributed by atoms with Crippen LogP contribution < -0.4 is 5.32 Å². The molecule has 1 amide bonds. The second kappa shape index (κ2) is 3.34. The van der Waals surface area contributed by atoms with Crippen LogP contribution in [0.2, 0.25) is 0 Å². The molecular weight excluding hydrogens is 206 g/mol. The minimum Gasteiger partial charge on any atom is -0.481 e. The molecule has 3 rings (SSSR count). The van der Waals surface area contributed by atoms with E-state index in [1.807, 2.05) is 12.2 Å². The van der Waals surface area contributed by atoms with E-state index in [0.29, 0.717) is 6.04 Å². The average Bonchev–Trinajstić information content (AvgIpc) is 2.81. The summed E-state index contributed by atoms with van der Waals surface area (Å²) in [5, 5.41) is 12.1. The molecule has 3 aliphatic rings. The SMILES string of the molecule is O=C(NC1CC1)[C@@H]1C2C=CC(C2)[C@@H]1C(=O)O. The predicted molar refractivity (Wildman–Crippen MR) is 56.5 cm³/mol. The van der Waals surface area contributed by atoms with E-state index in [0.717, 1.165) is 19.3 Å². The molecule has 2 saturated carbocycles. The highest BCUT2D eigenvalue weighted by molar-refractivity contribution is 5.87. The van der Waals surface area contributed by atoms with Crippen LogP contribution in [0.1, 0.15) is 19.3 Å². The molecule has 86 valence electrons. The van der Waals surface area contributed by atoms with Crippen molar-refractivity contribution in [1.29, 1.82) is 0 Å². The average molecular weight is 221 g/mol. The number of nitrogens with one attached hydrogen (secondary N) is 1. The minimum absolute atomic E-state index is 0.0493. The van der Waals surface area contributed by atoms with Crippen molar-refractivity contribution < 1.29 is 14.7 Å². The van der Waals surface area contributed by atoms with Crippen molar-refractivity contribution in [2.75, 3.05) is 0 Å². The maximum absolute atomic E-state index is 12.0. The summed E-state index contributed by atoms with van der Waals surface area (Å²) in [4.78, 5) is 23.2. The molecule has 0 aromatic heterocycles. The first-order valence-corrected chi connectivity index (χ1v) is 5.88. The number of carboxylic acid groups (broad SMARTS) is 1. The second-order valence-electron chi connectivity index (χ2n) is 5.12. The zero-order valence-electron chi connectivity index (χ0n) is 8.93. The second-order valence-corrected chi connectivity index (χ2v) is 5.12. The number of hydrogen-bond acceptors (Lipinski definition) is 2. The maximum atomic E-state index is 12.0. The fourth-order valence-electron chi connectivity index (χ4n) is 3.04. The number of fused-ring (bicyclic) bond motifs is 2. The van der Waals surface area contributed by atoms with Gasteiger partial charge < -0.3 is 10.4 Å². The van der Waals surface area contributed by atoms with Crippen LogP contribution in [0.15, 0.2) is 12.2 Å². The van der Waals surface area contributed by atoms with Crippen molar-refractivity contribution in [3.05, 3.63) is 12.2 Å². The highest BCUT2D eigenvalue weighted by atomic mass is 16.4. The third kappa shape index (κ3) is 1.44. The van der Waals surface area contributed by atoms with Gasteiger partial charge in [0, 0.05) is 6.04 Å². The number of rotatable bonds is 3. The Morgan fingerprint density at radius 2 is 1.75 bits per heavy atom. The third-order valence-corrected chi connectivity index (χ3v) is 3.97. The van der Waals surface area contributed by atoms with Crippen LogP contribution in [-0.4, -0.2) is 23.0 Å². The van der Waals surface area contributed by atoms with Crippen LogP contribution in [0.25, 0.3) is 0 Å². The van der Waals surface area contributed by atoms with Gasteiger partial charge in [-0.1, -0.05) is 12.2 Å². The first-order chi connectivity index (χ1) is 7.66. The van der Waals surface area contributed by atoms with Gasteiger partial charge in [0.25, 0.3) is 0 Å². The topological polar surface area (TPSA) is 66.4 Å². The van der Waals surface area contributed by atoms with Crippen molar-refractivity contribution in [3.63, 3.8) is 0 Å². The summed E-state index contributed by atoms with van der Waals surface area (Å²) >= 11 is 0. The summed E-state index contributed by atoms with van der Waals surface area (Å²) in [6.45, 7) is 0. The fourth-order valence-corrected chi connectivity index (χ4v) is 3.04. The molecule has 2 unspecified atom stereocenters. The van der Waals surface area contributed by atoms with E-state index in [9.17, 15) is 14.7 Å². The quantitative estimate of drug-likeness (QED) is 0.692. The van der Waals surface area contributed by atoms with Crippen LogP contribution in [0.4, 0.5) is 0 Å². The molecule has 0 aromatic carbocycles. The van der Waals surface area contributed by atoms with E-state index in [2.05, 4.69) is 5.32 Å². The van der Waals surface area contributed by atoms with Crippen LogP contribution >= 0.6 is 0 Å². The molecule has 0 spiro atoms. The fraction of sp³-hybridized carbons (Fsp3) is 0.667. The number of hydrogen-bond donors (Lipinski definition) is 2. The lowest BCUT2D eigenvalue weighted by atomic mass is 9.82. The van der Waals surface area contributed by atoms with Crippen LogP contribution in [0, 0.1) is 23.7 Å². The van der Waals surface area contributed by atoms with Gasteiger partial charge in [-0.25, -0.2) is 0 Å². The van der Waals surface area contributed by atoms with Crippen molar-refractivity contribution >= 4 is 11.9 Å². The summed E-state index contributed by atoms with van der Waals surface area (Å²) in [7, 11) is 0. The first-order valence-electron chi connectivity index (χ1n) is 5.88. The van der Waals surface area contributed by atoms with Gasteiger partial charge in [-0.3, -0.25) is 9.59 Å². The predicted octanol–water partition coefficient (Wildman–Crippen LogP) is 0.788. The Hall–Kier alpha value is -1.32. The van der Waals surface area contributed by atoms with E-state index >= 15 is 0 Å². The third-order valence-electron chi connectivity index (χ3n) is 3.97. The van der Waals surface area contributed by atoms with Gasteiger partial charge in [0.2, 0.25) is 5.91 Å². The molecule has 0 heterocycles. The molecule has 0 aliphatic heterocycles. The van der Waals surface area contributed by atoms with Crippen LogP contribution in [0.5, 0.6) is 0 Å². The monoisotopic (exact) mass is 221 g/mol. The highest BCUT2D eigenvalue weighted by Gasteiger charge is 2.52. The van der Waals surface area contributed by atoms with Gasteiger partial charge in [0.15, 0.2) is 0 Å². The number of carbonyl (C=O) groups excluding carboxylic acids is 1. The molecule has 0 saturated heterocycles. The van der Waals surface area contributed by atoms with E-state index in [1.54, 1.807) is 0 Å². The van der Waals surface area contributed by atoms with Gasteiger partial charge in [0.1, 0.15) is 0 Å². The van der Waals surface area contributed by atoms with Crippen LogP contribution in [0.3, 0.4) is 0 Å². The molecule has 2 fully saturated rings. The number of aliphatic carboxylic acids is 1. The number of carboxylic acids is 1. The minimum atomic E-state index is -0.826. The van der Waals surface area contributed by atoms with Gasteiger partial charge in [-0.15, -0.1) is 0 Å². The maximum Gasteiger partial charge on any atom is 0.307 e. The molecule has 2 bridgehead atoms. The van der Waals surface area contributed by atoms with Gasteiger partial charge in [-0.05, 0) is 31.1 Å². The van der Waals surface area contributed by atoms with Crippen molar-refractivity contribution in [2.45, 2.75) is 25.3 Å². The lowest BCUT2D eigenvalue weighted by Crippen LogP contribution is -2.40. The molecule has 4 nitrogen and oxygen atoms in total. The largest absolute Gasteiger partial charge is 0.481 e. The summed E-state index contributed by atoms with van der Waals surface area (Å²) in [5.41, 5.74) is 0. The Labute approximate surface area is 93.7 Å². The normalized spacial score (nSPS) is 40.0. The van der Waals surface area contributed by atoms with E-state index in [-0.39, 0.29) is 23.7 Å². The van der Waals surface area contributed by atoms with E-state index in [1.165, 1.54) is 0 Å². The summed E-state index contributed by atoms with van der Waals surface area (Å²) in [6, 6.07) is 0.310. The Morgan fingerprint density at radius 3 is 2.31 bits per heavy atom. The smallest absolute Gasteiger partial charge is 0.307 e. The molecule has 4 heteroatoms.